The van der Waals surface area contributed by atoms with E-state index in [-0.39, 0.29) is 11.3 Å². The van der Waals surface area contributed by atoms with Crippen LogP contribution in [0.3, 0.4) is 0 Å². The van der Waals surface area contributed by atoms with Crippen LogP contribution in [0.1, 0.15) is 10.4 Å². The zero-order valence-electron chi connectivity index (χ0n) is 7.68. The summed E-state index contributed by atoms with van der Waals surface area (Å²) in [7, 11) is 0. The minimum Gasteiger partial charge on any atom is -0.507 e. The van der Waals surface area contributed by atoms with Gasteiger partial charge in [-0.25, -0.2) is 4.79 Å². The van der Waals surface area contributed by atoms with Crippen molar-refractivity contribution in [3.63, 3.8) is 0 Å². The standard InChI is InChI=1S/C11H8O4/c12-10-5-7(8-3-4-15-6-8)1-2-9(10)11(13)14/h1-6,12H,(H,13,14). The highest BCUT2D eigenvalue weighted by Gasteiger charge is 2.10. The molecule has 0 aliphatic heterocycles. The van der Waals surface area contributed by atoms with E-state index in [4.69, 9.17) is 9.52 Å². The molecule has 0 fully saturated rings. The first-order valence-electron chi connectivity index (χ1n) is 4.27. The highest BCUT2D eigenvalue weighted by Crippen LogP contribution is 2.26. The minimum absolute atomic E-state index is 0.109. The number of phenols is 1. The fraction of sp³-hybridized carbons (Fsp3) is 0. The SMILES string of the molecule is O=C(O)c1ccc(-c2ccoc2)cc1O. The summed E-state index contributed by atoms with van der Waals surface area (Å²) in [5, 5.41) is 18.2. The largest absolute Gasteiger partial charge is 0.507 e. The summed E-state index contributed by atoms with van der Waals surface area (Å²) in [6.07, 6.45) is 3.03. The van der Waals surface area contributed by atoms with Crippen molar-refractivity contribution in [1.82, 2.24) is 0 Å². The van der Waals surface area contributed by atoms with Gasteiger partial charge in [0.1, 0.15) is 11.3 Å². The van der Waals surface area contributed by atoms with Gasteiger partial charge in [0.2, 0.25) is 0 Å². The van der Waals surface area contributed by atoms with Gasteiger partial charge in [-0.05, 0) is 23.8 Å². The summed E-state index contributed by atoms with van der Waals surface area (Å²) in [5.74, 6) is -1.40. The van der Waals surface area contributed by atoms with Crippen molar-refractivity contribution in [3.05, 3.63) is 42.4 Å². The molecule has 2 aromatic rings. The molecule has 0 radical (unpaired) electrons. The van der Waals surface area contributed by atoms with E-state index in [1.54, 1.807) is 12.1 Å². The van der Waals surface area contributed by atoms with Crippen LogP contribution >= 0.6 is 0 Å². The van der Waals surface area contributed by atoms with Gasteiger partial charge in [0.25, 0.3) is 0 Å². The Kier molecular flexibility index (Phi) is 2.17. The van der Waals surface area contributed by atoms with Crippen molar-refractivity contribution >= 4 is 5.97 Å². The molecule has 2 N–H and O–H groups in total. The molecule has 4 heteroatoms. The van der Waals surface area contributed by atoms with E-state index < -0.39 is 5.97 Å². The van der Waals surface area contributed by atoms with Gasteiger partial charge in [0, 0.05) is 5.56 Å². The van der Waals surface area contributed by atoms with E-state index in [2.05, 4.69) is 0 Å². The molecule has 0 atom stereocenters. The number of aromatic carboxylic acids is 1. The molecule has 0 bridgehead atoms. The Morgan fingerprint density at radius 3 is 2.53 bits per heavy atom. The summed E-state index contributed by atoms with van der Waals surface area (Å²) in [4.78, 5) is 10.6. The Morgan fingerprint density at radius 2 is 2.00 bits per heavy atom. The average Bonchev–Trinajstić information content (AvgIpc) is 2.69. The highest BCUT2D eigenvalue weighted by molar-refractivity contribution is 5.91. The maximum atomic E-state index is 10.6. The summed E-state index contributed by atoms with van der Waals surface area (Å²) in [6, 6.07) is 6.11. The lowest BCUT2D eigenvalue weighted by Gasteiger charge is -2.01. The molecule has 0 unspecified atom stereocenters. The maximum absolute atomic E-state index is 10.6. The Bertz CT molecular complexity index is 485. The third kappa shape index (κ3) is 1.69. The van der Waals surface area contributed by atoms with Crippen LogP contribution < -0.4 is 0 Å². The number of hydrogen-bond acceptors (Lipinski definition) is 3. The van der Waals surface area contributed by atoms with Gasteiger partial charge < -0.3 is 14.6 Å². The first kappa shape index (κ1) is 9.33. The second-order valence-corrected chi connectivity index (χ2v) is 3.05. The number of aromatic hydroxyl groups is 1. The molecule has 4 nitrogen and oxygen atoms in total. The van der Waals surface area contributed by atoms with E-state index in [9.17, 15) is 9.90 Å². The van der Waals surface area contributed by atoms with Crippen molar-refractivity contribution in [2.45, 2.75) is 0 Å². The van der Waals surface area contributed by atoms with E-state index >= 15 is 0 Å². The summed E-state index contributed by atoms with van der Waals surface area (Å²) >= 11 is 0. The van der Waals surface area contributed by atoms with Gasteiger partial charge in [0.05, 0.1) is 12.5 Å². The predicted molar refractivity (Wildman–Crippen MR) is 52.8 cm³/mol. The van der Waals surface area contributed by atoms with E-state index in [0.29, 0.717) is 5.56 Å². The molecule has 15 heavy (non-hydrogen) atoms. The van der Waals surface area contributed by atoms with Crippen LogP contribution in [0.2, 0.25) is 0 Å². The summed E-state index contributed by atoms with van der Waals surface area (Å²) in [6.45, 7) is 0. The first-order valence-corrected chi connectivity index (χ1v) is 4.27. The molecule has 0 aliphatic carbocycles. The van der Waals surface area contributed by atoms with Crippen molar-refractivity contribution < 1.29 is 19.4 Å². The average molecular weight is 204 g/mol. The lowest BCUT2D eigenvalue weighted by molar-refractivity contribution is 0.0694. The molecule has 0 spiro atoms. The third-order valence-corrected chi connectivity index (χ3v) is 2.08. The Balaban J connectivity index is 2.47. The molecule has 0 saturated heterocycles. The van der Waals surface area contributed by atoms with Gasteiger partial charge in [-0.2, -0.15) is 0 Å². The van der Waals surface area contributed by atoms with E-state index in [0.717, 1.165) is 5.56 Å². The number of hydrogen-bond donors (Lipinski definition) is 2. The maximum Gasteiger partial charge on any atom is 0.339 e. The molecule has 0 amide bonds. The van der Waals surface area contributed by atoms with Gasteiger partial charge in [-0.15, -0.1) is 0 Å². The lowest BCUT2D eigenvalue weighted by atomic mass is 10.1. The quantitative estimate of drug-likeness (QED) is 0.787. The fourth-order valence-electron chi connectivity index (χ4n) is 1.32. The van der Waals surface area contributed by atoms with Crippen LogP contribution in [0.15, 0.2) is 41.2 Å². The zero-order valence-corrected chi connectivity index (χ0v) is 7.68. The van der Waals surface area contributed by atoms with Crippen LogP contribution in [0.5, 0.6) is 5.75 Å². The number of furan rings is 1. The summed E-state index contributed by atoms with van der Waals surface area (Å²) in [5.41, 5.74) is 1.40. The normalized spacial score (nSPS) is 10.1. The first-order chi connectivity index (χ1) is 7.18. The van der Waals surface area contributed by atoms with Gasteiger partial charge in [-0.3, -0.25) is 0 Å². The number of carboxylic acid groups (broad SMARTS) is 1. The van der Waals surface area contributed by atoms with Crippen molar-refractivity contribution in [3.8, 4) is 16.9 Å². The van der Waals surface area contributed by atoms with Crippen molar-refractivity contribution in [2.24, 2.45) is 0 Å². The second-order valence-electron chi connectivity index (χ2n) is 3.05. The van der Waals surface area contributed by atoms with Crippen LogP contribution in [-0.4, -0.2) is 16.2 Å². The Morgan fingerprint density at radius 1 is 1.20 bits per heavy atom. The number of rotatable bonds is 2. The molecular formula is C11H8O4. The Hall–Kier alpha value is -2.23. The number of carboxylic acids is 1. The molecule has 1 aromatic carbocycles. The lowest BCUT2D eigenvalue weighted by Crippen LogP contribution is -1.96. The number of carbonyl (C=O) groups is 1. The summed E-state index contributed by atoms with van der Waals surface area (Å²) < 4.78 is 4.89. The molecule has 1 aromatic heterocycles. The zero-order chi connectivity index (χ0) is 10.8. The molecule has 0 saturated carbocycles. The fourth-order valence-corrected chi connectivity index (χ4v) is 1.32. The predicted octanol–water partition coefficient (Wildman–Crippen LogP) is 2.35. The molecule has 2 rings (SSSR count). The topological polar surface area (TPSA) is 70.7 Å². The van der Waals surface area contributed by atoms with Gasteiger partial charge >= 0.3 is 5.97 Å². The van der Waals surface area contributed by atoms with Crippen LogP contribution in [0.25, 0.3) is 11.1 Å². The third-order valence-electron chi connectivity index (χ3n) is 2.08. The van der Waals surface area contributed by atoms with Crippen molar-refractivity contribution in [2.75, 3.05) is 0 Å². The van der Waals surface area contributed by atoms with Crippen LogP contribution in [0, 0.1) is 0 Å². The van der Waals surface area contributed by atoms with E-state index in [1.165, 1.54) is 24.7 Å². The molecule has 76 valence electrons. The van der Waals surface area contributed by atoms with Gasteiger partial charge in [-0.1, -0.05) is 6.07 Å². The highest BCUT2D eigenvalue weighted by atomic mass is 16.4. The number of benzene rings is 1. The van der Waals surface area contributed by atoms with Crippen LogP contribution in [0.4, 0.5) is 0 Å². The molecule has 0 aliphatic rings. The molecular weight excluding hydrogens is 196 g/mol. The van der Waals surface area contributed by atoms with E-state index in [1.807, 2.05) is 0 Å². The van der Waals surface area contributed by atoms with Crippen LogP contribution in [-0.2, 0) is 0 Å². The monoisotopic (exact) mass is 204 g/mol. The smallest absolute Gasteiger partial charge is 0.339 e. The van der Waals surface area contributed by atoms with Gasteiger partial charge in [0.15, 0.2) is 0 Å². The van der Waals surface area contributed by atoms with Crippen molar-refractivity contribution in [1.29, 1.82) is 0 Å². The second kappa shape index (κ2) is 3.49. The Labute approximate surface area is 85.4 Å². The minimum atomic E-state index is -1.15. The molecule has 1 heterocycles.